The highest BCUT2D eigenvalue weighted by molar-refractivity contribution is 6.56. The minimum Gasteiger partial charge on any atom is -0.457 e. The first kappa shape index (κ1) is 17.9. The quantitative estimate of drug-likeness (QED) is 0.412. The Morgan fingerprint density at radius 1 is 0.633 bits per heavy atom. The second-order valence-corrected chi connectivity index (χ2v) is 6.86. The van der Waals surface area contributed by atoms with Crippen molar-refractivity contribution in [2.24, 2.45) is 4.99 Å². The van der Waals surface area contributed by atoms with Gasteiger partial charge in [0.25, 0.3) is 5.91 Å². The number of hydrogen-bond donors (Lipinski definition) is 0. The Kier molecular flexibility index (Phi) is 4.58. The summed E-state index contributed by atoms with van der Waals surface area (Å²) >= 11 is 0. The number of ether oxygens (including phenoxy) is 1. The van der Waals surface area contributed by atoms with Gasteiger partial charge in [-0.05, 0) is 54.6 Å². The molecule has 4 heteroatoms. The van der Waals surface area contributed by atoms with Crippen LogP contribution in [-0.2, 0) is 4.79 Å². The molecule has 4 aromatic rings. The topological polar surface area (TPSA) is 41.9 Å². The first-order valence-corrected chi connectivity index (χ1v) is 9.70. The van der Waals surface area contributed by atoms with E-state index in [2.05, 4.69) is 4.99 Å². The summed E-state index contributed by atoms with van der Waals surface area (Å²) in [6, 6.07) is 34.4. The van der Waals surface area contributed by atoms with Crippen molar-refractivity contribution in [1.82, 2.24) is 0 Å². The van der Waals surface area contributed by atoms with Crippen molar-refractivity contribution in [2.75, 3.05) is 4.90 Å². The van der Waals surface area contributed by atoms with Crippen molar-refractivity contribution >= 4 is 28.7 Å². The van der Waals surface area contributed by atoms with E-state index < -0.39 is 0 Å². The first-order valence-electron chi connectivity index (χ1n) is 9.70. The van der Waals surface area contributed by atoms with Gasteiger partial charge in [-0.2, -0.15) is 0 Å². The number of rotatable bonds is 4. The Hall–Kier alpha value is -4.18. The number of benzene rings is 4. The molecule has 0 aliphatic carbocycles. The molecule has 5 rings (SSSR count). The van der Waals surface area contributed by atoms with Gasteiger partial charge in [-0.1, -0.05) is 54.6 Å². The molecule has 1 aliphatic heterocycles. The molecule has 1 heterocycles. The average Bonchev–Trinajstić information content (AvgIpc) is 3.08. The van der Waals surface area contributed by atoms with Gasteiger partial charge in [-0.3, -0.25) is 9.69 Å². The van der Waals surface area contributed by atoms with Crippen LogP contribution in [-0.4, -0.2) is 11.6 Å². The molecule has 0 unspecified atom stereocenters. The molecule has 0 fully saturated rings. The Morgan fingerprint density at radius 2 is 1.23 bits per heavy atom. The minimum atomic E-state index is -0.132. The Labute approximate surface area is 174 Å². The fraction of sp³-hybridized carbons (Fsp3) is 0. The van der Waals surface area contributed by atoms with Crippen molar-refractivity contribution in [3.8, 4) is 11.5 Å². The van der Waals surface area contributed by atoms with Crippen molar-refractivity contribution < 1.29 is 9.53 Å². The molecule has 0 atom stereocenters. The smallest absolute Gasteiger partial charge is 0.282 e. The summed E-state index contributed by atoms with van der Waals surface area (Å²) in [7, 11) is 0. The molecular formula is C26H18N2O2. The number of nitrogens with zero attached hydrogens (tertiary/aromatic N) is 2. The number of carbonyl (C=O) groups is 1. The van der Waals surface area contributed by atoms with Gasteiger partial charge in [0.2, 0.25) is 0 Å². The highest BCUT2D eigenvalue weighted by Gasteiger charge is 2.34. The number of fused-ring (bicyclic) bond motifs is 1. The van der Waals surface area contributed by atoms with Gasteiger partial charge in [0.15, 0.2) is 0 Å². The van der Waals surface area contributed by atoms with Gasteiger partial charge in [-0.25, -0.2) is 4.99 Å². The molecule has 144 valence electrons. The molecule has 0 aromatic heterocycles. The van der Waals surface area contributed by atoms with E-state index in [1.165, 1.54) is 0 Å². The van der Waals surface area contributed by atoms with Crippen LogP contribution in [0.2, 0.25) is 0 Å². The molecule has 4 nitrogen and oxygen atoms in total. The highest BCUT2D eigenvalue weighted by atomic mass is 16.5. The Bertz CT molecular complexity index is 1220. The second kappa shape index (κ2) is 7.68. The van der Waals surface area contributed by atoms with E-state index in [1.807, 2.05) is 109 Å². The summed E-state index contributed by atoms with van der Waals surface area (Å²) in [5.41, 5.74) is 3.63. The molecule has 0 bridgehead atoms. The lowest BCUT2D eigenvalue weighted by atomic mass is 10.1. The van der Waals surface area contributed by atoms with Gasteiger partial charge in [0.1, 0.15) is 17.2 Å². The summed E-state index contributed by atoms with van der Waals surface area (Å²) in [5.74, 6) is 1.36. The number of aliphatic imine (C=N–C) groups is 1. The van der Waals surface area contributed by atoms with Crippen LogP contribution in [0.3, 0.4) is 0 Å². The van der Waals surface area contributed by atoms with Crippen molar-refractivity contribution in [3.05, 3.63) is 115 Å². The first-order chi connectivity index (χ1) is 14.8. The number of amides is 1. The van der Waals surface area contributed by atoms with Gasteiger partial charge < -0.3 is 4.74 Å². The zero-order valence-corrected chi connectivity index (χ0v) is 16.1. The molecule has 0 radical (unpaired) electrons. The third-order valence-corrected chi connectivity index (χ3v) is 4.88. The third-order valence-electron chi connectivity index (χ3n) is 4.88. The lowest BCUT2D eigenvalue weighted by Gasteiger charge is -2.16. The van der Waals surface area contributed by atoms with Crippen molar-refractivity contribution in [2.45, 2.75) is 0 Å². The van der Waals surface area contributed by atoms with E-state index in [0.29, 0.717) is 17.1 Å². The summed E-state index contributed by atoms with van der Waals surface area (Å²) in [6.45, 7) is 0. The van der Waals surface area contributed by atoms with E-state index in [-0.39, 0.29) is 5.91 Å². The summed E-state index contributed by atoms with van der Waals surface area (Å²) in [4.78, 5) is 19.6. The van der Waals surface area contributed by atoms with Crippen molar-refractivity contribution in [1.29, 1.82) is 0 Å². The van der Waals surface area contributed by atoms with E-state index in [4.69, 9.17) is 4.74 Å². The molecular weight excluding hydrogens is 372 g/mol. The van der Waals surface area contributed by atoms with Gasteiger partial charge in [-0.15, -0.1) is 0 Å². The van der Waals surface area contributed by atoms with Gasteiger partial charge in [0, 0.05) is 11.3 Å². The maximum Gasteiger partial charge on any atom is 0.282 e. The zero-order valence-electron chi connectivity index (χ0n) is 16.1. The highest BCUT2D eigenvalue weighted by Crippen LogP contribution is 2.36. The van der Waals surface area contributed by atoms with Crippen LogP contribution in [0.5, 0.6) is 11.5 Å². The van der Waals surface area contributed by atoms with E-state index in [1.54, 1.807) is 4.90 Å². The zero-order chi connectivity index (χ0) is 20.3. The monoisotopic (exact) mass is 390 g/mol. The fourth-order valence-electron chi connectivity index (χ4n) is 3.48. The standard InChI is InChI=1S/C26H18N2O2/c29-26-25(23-13-7-8-14-24(23)28(26)20-9-3-1-4-10-20)27-19-15-17-22(18-16-19)30-21-11-5-2-6-12-21/h1-18H. The van der Waals surface area contributed by atoms with Crippen LogP contribution in [0, 0.1) is 0 Å². The molecule has 0 saturated carbocycles. The SMILES string of the molecule is O=C1C(=Nc2ccc(Oc3ccccc3)cc2)c2ccccc2N1c1ccccc1. The van der Waals surface area contributed by atoms with Crippen LogP contribution >= 0.6 is 0 Å². The maximum absolute atomic E-state index is 13.2. The van der Waals surface area contributed by atoms with Gasteiger partial charge in [0.05, 0.1) is 11.4 Å². The molecule has 1 aliphatic rings. The van der Waals surface area contributed by atoms with Crippen LogP contribution in [0.1, 0.15) is 5.56 Å². The largest absolute Gasteiger partial charge is 0.457 e. The number of para-hydroxylation sites is 3. The van der Waals surface area contributed by atoms with Crippen LogP contribution < -0.4 is 9.64 Å². The minimum absolute atomic E-state index is 0.132. The van der Waals surface area contributed by atoms with Crippen LogP contribution in [0.15, 0.2) is 114 Å². The van der Waals surface area contributed by atoms with E-state index in [0.717, 1.165) is 22.7 Å². The fourth-order valence-corrected chi connectivity index (χ4v) is 3.48. The lowest BCUT2D eigenvalue weighted by molar-refractivity contribution is -0.111. The molecule has 1 amide bonds. The predicted molar refractivity (Wildman–Crippen MR) is 119 cm³/mol. The lowest BCUT2D eigenvalue weighted by Crippen LogP contribution is -2.25. The molecule has 0 N–H and O–H groups in total. The summed E-state index contributed by atoms with van der Waals surface area (Å²) < 4.78 is 5.83. The number of carbonyl (C=O) groups excluding carboxylic acids is 1. The number of hydrogen-bond acceptors (Lipinski definition) is 3. The van der Waals surface area contributed by atoms with Crippen LogP contribution in [0.25, 0.3) is 0 Å². The molecule has 4 aromatic carbocycles. The van der Waals surface area contributed by atoms with E-state index >= 15 is 0 Å². The Balaban J connectivity index is 1.47. The third kappa shape index (κ3) is 3.35. The maximum atomic E-state index is 13.2. The molecule has 0 spiro atoms. The second-order valence-electron chi connectivity index (χ2n) is 6.86. The Morgan fingerprint density at radius 3 is 1.97 bits per heavy atom. The predicted octanol–water partition coefficient (Wildman–Crippen LogP) is 6.28. The molecule has 30 heavy (non-hydrogen) atoms. The molecule has 0 saturated heterocycles. The average molecular weight is 390 g/mol. The number of anilines is 2. The normalized spacial score (nSPS) is 14.1. The van der Waals surface area contributed by atoms with Gasteiger partial charge >= 0.3 is 0 Å². The van der Waals surface area contributed by atoms with E-state index in [9.17, 15) is 4.79 Å². The van der Waals surface area contributed by atoms with Crippen LogP contribution in [0.4, 0.5) is 17.1 Å². The summed E-state index contributed by atoms with van der Waals surface area (Å²) in [6.07, 6.45) is 0. The van der Waals surface area contributed by atoms with Crippen molar-refractivity contribution in [3.63, 3.8) is 0 Å². The summed E-state index contributed by atoms with van der Waals surface area (Å²) in [5, 5.41) is 0.